The first-order valence-corrected chi connectivity index (χ1v) is 4.20. The molecule has 0 bridgehead atoms. The van der Waals surface area contributed by atoms with Crippen molar-refractivity contribution in [2.45, 2.75) is 0 Å². The van der Waals surface area contributed by atoms with Gasteiger partial charge in [0.1, 0.15) is 5.65 Å². The lowest BCUT2D eigenvalue weighted by Gasteiger charge is -1.96. The first-order valence-electron chi connectivity index (χ1n) is 3.41. The van der Waals surface area contributed by atoms with Gasteiger partial charge >= 0.3 is 0 Å². The molecule has 0 aliphatic carbocycles. The van der Waals surface area contributed by atoms with Gasteiger partial charge in [0.2, 0.25) is 0 Å². The second kappa shape index (κ2) is 2.71. The van der Waals surface area contributed by atoms with Crippen LogP contribution in [0.15, 0.2) is 33.7 Å². The van der Waals surface area contributed by atoms with Crippen LogP contribution in [0.1, 0.15) is 0 Å². The van der Waals surface area contributed by atoms with Crippen molar-refractivity contribution in [1.82, 2.24) is 9.97 Å². The minimum atomic E-state index is -0.145. The number of hydrogen-bond acceptors (Lipinski definition) is 2. The highest BCUT2D eigenvalue weighted by Gasteiger charge is 1.98. The van der Waals surface area contributed by atoms with E-state index in [0.717, 1.165) is 9.86 Å². The van der Waals surface area contributed by atoms with E-state index in [9.17, 15) is 4.79 Å². The number of aromatic amines is 1. The van der Waals surface area contributed by atoms with Crippen LogP contribution < -0.4 is 5.56 Å². The Labute approximate surface area is 76.6 Å². The Bertz CT molecular complexity index is 478. The summed E-state index contributed by atoms with van der Waals surface area (Å²) in [6.07, 6.45) is 1.64. The quantitative estimate of drug-likeness (QED) is 0.741. The summed E-state index contributed by atoms with van der Waals surface area (Å²) in [5, 5.41) is 0.914. The summed E-state index contributed by atoms with van der Waals surface area (Å²) in [6, 6.07) is 5.21. The van der Waals surface area contributed by atoms with Gasteiger partial charge in [-0.15, -0.1) is 0 Å². The van der Waals surface area contributed by atoms with Gasteiger partial charge in [0.25, 0.3) is 5.56 Å². The number of pyridine rings is 2. The normalized spacial score (nSPS) is 10.4. The molecule has 0 saturated heterocycles. The van der Waals surface area contributed by atoms with Gasteiger partial charge < -0.3 is 4.98 Å². The van der Waals surface area contributed by atoms with E-state index in [1.54, 1.807) is 6.20 Å². The minimum absolute atomic E-state index is 0.145. The first-order chi connectivity index (χ1) is 5.77. The van der Waals surface area contributed by atoms with Crippen molar-refractivity contribution in [3.05, 3.63) is 39.2 Å². The van der Waals surface area contributed by atoms with Gasteiger partial charge in [0.05, 0.1) is 0 Å². The molecule has 4 heteroatoms. The largest absolute Gasteiger partial charge is 0.307 e. The molecule has 2 rings (SSSR count). The number of hydrogen-bond donors (Lipinski definition) is 1. The van der Waals surface area contributed by atoms with Crippen LogP contribution in [0.25, 0.3) is 11.0 Å². The Morgan fingerprint density at radius 2 is 2.33 bits per heavy atom. The van der Waals surface area contributed by atoms with Gasteiger partial charge in [-0.05, 0) is 28.1 Å². The van der Waals surface area contributed by atoms with Gasteiger partial charge in [0, 0.05) is 22.1 Å². The highest BCUT2D eigenvalue weighted by atomic mass is 79.9. The van der Waals surface area contributed by atoms with Crippen LogP contribution in [0, 0.1) is 0 Å². The monoisotopic (exact) mass is 224 g/mol. The van der Waals surface area contributed by atoms with Gasteiger partial charge in [0.15, 0.2) is 0 Å². The Balaban J connectivity index is 2.99. The number of halogens is 1. The summed E-state index contributed by atoms with van der Waals surface area (Å²) in [7, 11) is 0. The van der Waals surface area contributed by atoms with E-state index in [1.165, 1.54) is 6.07 Å². The van der Waals surface area contributed by atoms with E-state index in [-0.39, 0.29) is 5.56 Å². The molecule has 0 fully saturated rings. The summed E-state index contributed by atoms with van der Waals surface area (Å²) >= 11 is 3.29. The van der Waals surface area contributed by atoms with Crippen LogP contribution >= 0.6 is 15.9 Å². The zero-order chi connectivity index (χ0) is 8.55. The maximum atomic E-state index is 11.0. The van der Waals surface area contributed by atoms with E-state index in [2.05, 4.69) is 25.9 Å². The average Bonchev–Trinajstić information content (AvgIpc) is 2.04. The van der Waals surface area contributed by atoms with Crippen LogP contribution in [0.4, 0.5) is 0 Å². The molecule has 12 heavy (non-hydrogen) atoms. The summed E-state index contributed by atoms with van der Waals surface area (Å²) in [6.45, 7) is 0. The predicted octanol–water partition coefficient (Wildman–Crippen LogP) is 1.69. The smallest absolute Gasteiger partial charge is 0.250 e. The summed E-state index contributed by atoms with van der Waals surface area (Å²) in [5.41, 5.74) is 0.463. The fraction of sp³-hybridized carbons (Fsp3) is 0. The Morgan fingerprint density at radius 1 is 1.50 bits per heavy atom. The van der Waals surface area contributed by atoms with Crippen LogP contribution in [-0.4, -0.2) is 9.97 Å². The summed E-state index contributed by atoms with van der Waals surface area (Å²) in [4.78, 5) is 17.6. The second-order valence-corrected chi connectivity index (χ2v) is 3.24. The maximum absolute atomic E-state index is 11.0. The molecule has 2 aromatic rings. The third kappa shape index (κ3) is 1.14. The molecule has 0 unspecified atom stereocenters. The highest BCUT2D eigenvalue weighted by Crippen LogP contribution is 2.17. The average molecular weight is 225 g/mol. The molecule has 0 saturated carbocycles. The lowest BCUT2D eigenvalue weighted by Crippen LogP contribution is -2.04. The fourth-order valence-electron chi connectivity index (χ4n) is 1.04. The van der Waals surface area contributed by atoms with Crippen LogP contribution in [-0.2, 0) is 0 Å². The second-order valence-electron chi connectivity index (χ2n) is 2.38. The zero-order valence-corrected chi connectivity index (χ0v) is 7.63. The Kier molecular flexibility index (Phi) is 1.69. The van der Waals surface area contributed by atoms with E-state index < -0.39 is 0 Å². The van der Waals surface area contributed by atoms with Gasteiger partial charge in [-0.2, -0.15) is 0 Å². The number of nitrogens with one attached hydrogen (secondary N) is 1. The zero-order valence-electron chi connectivity index (χ0n) is 6.04. The van der Waals surface area contributed by atoms with Crippen LogP contribution in [0.3, 0.4) is 0 Å². The molecular weight excluding hydrogens is 220 g/mol. The van der Waals surface area contributed by atoms with Gasteiger partial charge in [-0.3, -0.25) is 4.79 Å². The molecule has 0 atom stereocenters. The SMILES string of the molecule is O=c1cc(Br)c2cccnc2[nH]1. The number of rotatable bonds is 0. The summed E-state index contributed by atoms with van der Waals surface area (Å²) in [5.74, 6) is 0. The van der Waals surface area contributed by atoms with Crippen LogP contribution in [0.2, 0.25) is 0 Å². The van der Waals surface area contributed by atoms with Crippen molar-refractivity contribution >= 4 is 27.0 Å². The minimum Gasteiger partial charge on any atom is -0.307 e. The first kappa shape index (κ1) is 7.49. The molecule has 0 radical (unpaired) electrons. The molecule has 2 heterocycles. The molecule has 0 aliphatic rings. The third-order valence-corrected chi connectivity index (χ3v) is 2.22. The lowest BCUT2D eigenvalue weighted by molar-refractivity contribution is 1.22. The van der Waals surface area contributed by atoms with E-state index in [4.69, 9.17) is 0 Å². The maximum Gasteiger partial charge on any atom is 0.250 e. The molecular formula is C8H5BrN2O. The number of aromatic nitrogens is 2. The van der Waals surface area contributed by atoms with Crippen molar-refractivity contribution in [3.63, 3.8) is 0 Å². The van der Waals surface area contributed by atoms with E-state index >= 15 is 0 Å². The molecule has 3 nitrogen and oxygen atoms in total. The molecule has 0 amide bonds. The molecule has 60 valence electrons. The molecule has 0 aliphatic heterocycles. The number of fused-ring (bicyclic) bond motifs is 1. The number of H-pyrrole nitrogens is 1. The molecule has 1 N–H and O–H groups in total. The fourth-order valence-corrected chi connectivity index (χ4v) is 1.57. The lowest BCUT2D eigenvalue weighted by atomic mass is 10.3. The Hall–Kier alpha value is -1.16. The van der Waals surface area contributed by atoms with Crippen LogP contribution in [0.5, 0.6) is 0 Å². The van der Waals surface area contributed by atoms with E-state index in [0.29, 0.717) is 5.65 Å². The third-order valence-electron chi connectivity index (χ3n) is 1.56. The topological polar surface area (TPSA) is 45.8 Å². The Morgan fingerprint density at radius 3 is 3.17 bits per heavy atom. The van der Waals surface area contributed by atoms with Crippen molar-refractivity contribution in [3.8, 4) is 0 Å². The van der Waals surface area contributed by atoms with Crippen molar-refractivity contribution < 1.29 is 0 Å². The van der Waals surface area contributed by atoms with E-state index in [1.807, 2.05) is 12.1 Å². The van der Waals surface area contributed by atoms with Gasteiger partial charge in [-0.1, -0.05) is 0 Å². The molecule has 0 spiro atoms. The summed E-state index contributed by atoms with van der Waals surface area (Å²) < 4.78 is 0.773. The van der Waals surface area contributed by atoms with Crippen molar-refractivity contribution in [2.24, 2.45) is 0 Å². The van der Waals surface area contributed by atoms with Crippen molar-refractivity contribution in [2.75, 3.05) is 0 Å². The van der Waals surface area contributed by atoms with Crippen molar-refractivity contribution in [1.29, 1.82) is 0 Å². The predicted molar refractivity (Wildman–Crippen MR) is 50.1 cm³/mol. The van der Waals surface area contributed by atoms with Gasteiger partial charge in [-0.25, -0.2) is 4.98 Å². The number of nitrogens with zero attached hydrogens (tertiary/aromatic N) is 1. The standard InChI is InChI=1S/C8H5BrN2O/c9-6-4-7(12)11-8-5(6)2-1-3-10-8/h1-4H,(H,10,11,12). The highest BCUT2D eigenvalue weighted by molar-refractivity contribution is 9.10. The molecule has 0 aromatic carbocycles. The molecule has 2 aromatic heterocycles.